The van der Waals surface area contributed by atoms with Gasteiger partial charge in [-0.05, 0) is 40.7 Å². The summed E-state index contributed by atoms with van der Waals surface area (Å²) in [7, 11) is 1.47. The van der Waals surface area contributed by atoms with Gasteiger partial charge in [-0.25, -0.2) is 8.78 Å². The van der Waals surface area contributed by atoms with Gasteiger partial charge in [0.05, 0.1) is 23.2 Å². The summed E-state index contributed by atoms with van der Waals surface area (Å²) < 4.78 is 34.2. The van der Waals surface area contributed by atoms with E-state index in [4.69, 9.17) is 4.74 Å². The number of nitrogens with one attached hydrogen (secondary N) is 1. The molecule has 0 aromatic heterocycles. The minimum atomic E-state index is -0.622. The minimum absolute atomic E-state index is 0.304. The lowest BCUT2D eigenvalue weighted by molar-refractivity contribution is 0.396. The monoisotopic (exact) mass is 355 g/mol. The Morgan fingerprint density at radius 3 is 2.57 bits per heavy atom. The Morgan fingerprint density at radius 1 is 1.19 bits per heavy atom. The molecule has 112 valence electrons. The van der Waals surface area contributed by atoms with E-state index in [1.165, 1.54) is 13.2 Å². The maximum atomic E-state index is 14.4. The number of ether oxygens (including phenoxy) is 1. The zero-order valence-electron chi connectivity index (χ0n) is 11.8. The van der Waals surface area contributed by atoms with E-state index in [1.807, 2.05) is 6.92 Å². The molecule has 0 aliphatic heterocycles. The standard InChI is InChI=1S/C16H16BrF2NO/c1-3-20-16(10-6-4-7-11(17)15(10)19)14-12(18)8-5-9-13(14)21-2/h4-9,16,20H,3H2,1-2H3. The summed E-state index contributed by atoms with van der Waals surface area (Å²) in [5, 5.41) is 3.12. The molecule has 5 heteroatoms. The van der Waals surface area contributed by atoms with Crippen molar-refractivity contribution in [1.29, 1.82) is 0 Å². The van der Waals surface area contributed by atoms with Crippen molar-refractivity contribution in [3.8, 4) is 5.75 Å². The molecule has 0 bridgehead atoms. The topological polar surface area (TPSA) is 21.3 Å². The fourth-order valence-electron chi connectivity index (χ4n) is 2.29. The fourth-order valence-corrected chi connectivity index (χ4v) is 2.67. The maximum Gasteiger partial charge on any atom is 0.142 e. The van der Waals surface area contributed by atoms with Crippen LogP contribution in [0, 0.1) is 11.6 Å². The Kier molecular flexibility index (Phi) is 5.31. The van der Waals surface area contributed by atoms with Crippen LogP contribution in [0.15, 0.2) is 40.9 Å². The number of benzene rings is 2. The van der Waals surface area contributed by atoms with Gasteiger partial charge in [0.15, 0.2) is 0 Å². The molecule has 2 aromatic carbocycles. The van der Waals surface area contributed by atoms with Gasteiger partial charge >= 0.3 is 0 Å². The third kappa shape index (κ3) is 3.24. The number of rotatable bonds is 5. The first-order valence-electron chi connectivity index (χ1n) is 6.59. The van der Waals surface area contributed by atoms with Gasteiger partial charge in [-0.15, -0.1) is 0 Å². The van der Waals surface area contributed by atoms with Crippen molar-refractivity contribution in [2.75, 3.05) is 13.7 Å². The van der Waals surface area contributed by atoms with E-state index in [9.17, 15) is 8.78 Å². The summed E-state index contributed by atoms with van der Waals surface area (Å²) in [6.07, 6.45) is 0. The molecular formula is C16H16BrF2NO. The van der Waals surface area contributed by atoms with Gasteiger partial charge in [0.25, 0.3) is 0 Å². The normalized spacial score (nSPS) is 12.2. The first-order chi connectivity index (χ1) is 10.1. The number of hydrogen-bond acceptors (Lipinski definition) is 2. The second kappa shape index (κ2) is 7.00. The highest BCUT2D eigenvalue weighted by atomic mass is 79.9. The largest absolute Gasteiger partial charge is 0.496 e. The van der Waals surface area contributed by atoms with Crippen LogP contribution in [0.4, 0.5) is 8.78 Å². The molecule has 0 spiro atoms. The lowest BCUT2D eigenvalue weighted by Gasteiger charge is -2.22. The predicted molar refractivity (Wildman–Crippen MR) is 82.6 cm³/mol. The first kappa shape index (κ1) is 15.9. The van der Waals surface area contributed by atoms with E-state index in [0.29, 0.717) is 27.9 Å². The molecule has 1 unspecified atom stereocenters. The molecule has 1 atom stereocenters. The molecule has 0 radical (unpaired) electrons. The van der Waals surface area contributed by atoms with Crippen molar-refractivity contribution in [3.05, 3.63) is 63.6 Å². The van der Waals surface area contributed by atoms with E-state index in [-0.39, 0.29) is 0 Å². The summed E-state index contributed by atoms with van der Waals surface area (Å²) in [5.41, 5.74) is 0.675. The summed E-state index contributed by atoms with van der Waals surface area (Å²) in [4.78, 5) is 0. The second-order valence-electron chi connectivity index (χ2n) is 4.49. The Balaban J connectivity index is 2.62. The van der Waals surface area contributed by atoms with Crippen LogP contribution >= 0.6 is 15.9 Å². The van der Waals surface area contributed by atoms with Gasteiger partial charge < -0.3 is 10.1 Å². The number of methoxy groups -OCH3 is 1. The van der Waals surface area contributed by atoms with Crippen molar-refractivity contribution in [2.45, 2.75) is 13.0 Å². The summed E-state index contributed by atoms with van der Waals surface area (Å²) in [6.45, 7) is 2.45. The van der Waals surface area contributed by atoms with Crippen molar-refractivity contribution < 1.29 is 13.5 Å². The van der Waals surface area contributed by atoms with E-state index < -0.39 is 17.7 Å². The number of hydrogen-bond donors (Lipinski definition) is 1. The smallest absolute Gasteiger partial charge is 0.142 e. The summed E-state index contributed by atoms with van der Waals surface area (Å²) >= 11 is 3.16. The fraction of sp³-hybridized carbons (Fsp3) is 0.250. The van der Waals surface area contributed by atoms with Crippen LogP contribution in [-0.4, -0.2) is 13.7 Å². The van der Waals surface area contributed by atoms with Gasteiger partial charge in [0.2, 0.25) is 0 Å². The molecule has 0 saturated carbocycles. The summed E-state index contributed by atoms with van der Waals surface area (Å²) in [6, 6.07) is 8.93. The molecule has 0 heterocycles. The maximum absolute atomic E-state index is 14.4. The van der Waals surface area contributed by atoms with Gasteiger partial charge in [-0.2, -0.15) is 0 Å². The molecule has 2 rings (SSSR count). The molecular weight excluding hydrogens is 340 g/mol. The Hall–Kier alpha value is -1.46. The lowest BCUT2D eigenvalue weighted by Crippen LogP contribution is -2.24. The average molecular weight is 356 g/mol. The first-order valence-corrected chi connectivity index (χ1v) is 7.39. The molecule has 0 aliphatic carbocycles. The Bertz CT molecular complexity index is 634. The van der Waals surface area contributed by atoms with Gasteiger partial charge in [-0.3, -0.25) is 0 Å². The van der Waals surface area contributed by atoms with Gasteiger partial charge in [-0.1, -0.05) is 25.1 Å². The highest BCUT2D eigenvalue weighted by molar-refractivity contribution is 9.10. The zero-order valence-corrected chi connectivity index (χ0v) is 13.4. The van der Waals surface area contributed by atoms with Crippen LogP contribution in [0.2, 0.25) is 0 Å². The third-order valence-corrected chi connectivity index (χ3v) is 3.83. The highest BCUT2D eigenvalue weighted by Gasteiger charge is 2.24. The molecule has 0 amide bonds. The molecule has 21 heavy (non-hydrogen) atoms. The van der Waals surface area contributed by atoms with Crippen molar-refractivity contribution in [2.24, 2.45) is 0 Å². The lowest BCUT2D eigenvalue weighted by atomic mass is 9.96. The van der Waals surface area contributed by atoms with Crippen LogP contribution in [0.25, 0.3) is 0 Å². The zero-order chi connectivity index (χ0) is 15.4. The van der Waals surface area contributed by atoms with Gasteiger partial charge in [0.1, 0.15) is 17.4 Å². The van der Waals surface area contributed by atoms with Crippen molar-refractivity contribution in [3.63, 3.8) is 0 Å². The molecule has 0 fully saturated rings. The average Bonchev–Trinajstić information content (AvgIpc) is 2.48. The minimum Gasteiger partial charge on any atom is -0.496 e. The molecule has 2 nitrogen and oxygen atoms in total. The number of halogens is 3. The Labute approximate surface area is 131 Å². The van der Waals surface area contributed by atoms with E-state index in [2.05, 4.69) is 21.2 Å². The predicted octanol–water partition coefficient (Wildman–Crippen LogP) is 4.43. The van der Waals surface area contributed by atoms with Crippen LogP contribution in [-0.2, 0) is 0 Å². The van der Waals surface area contributed by atoms with Crippen molar-refractivity contribution in [1.82, 2.24) is 5.32 Å². The quantitative estimate of drug-likeness (QED) is 0.856. The molecule has 1 N–H and O–H groups in total. The van der Waals surface area contributed by atoms with E-state index in [1.54, 1.807) is 30.3 Å². The van der Waals surface area contributed by atoms with Crippen LogP contribution in [0.5, 0.6) is 5.75 Å². The molecule has 0 saturated heterocycles. The SMILES string of the molecule is CCNC(c1cccc(Br)c1F)c1c(F)cccc1OC. The van der Waals surface area contributed by atoms with Crippen LogP contribution in [0.1, 0.15) is 24.1 Å². The van der Waals surface area contributed by atoms with Gasteiger partial charge in [0, 0.05) is 5.56 Å². The Morgan fingerprint density at radius 2 is 1.90 bits per heavy atom. The van der Waals surface area contributed by atoms with E-state index in [0.717, 1.165) is 0 Å². The van der Waals surface area contributed by atoms with Crippen LogP contribution < -0.4 is 10.1 Å². The van der Waals surface area contributed by atoms with E-state index >= 15 is 0 Å². The molecule has 2 aromatic rings. The highest BCUT2D eigenvalue weighted by Crippen LogP contribution is 2.34. The third-order valence-electron chi connectivity index (χ3n) is 3.22. The van der Waals surface area contributed by atoms with Crippen molar-refractivity contribution >= 4 is 15.9 Å². The molecule has 0 aliphatic rings. The second-order valence-corrected chi connectivity index (χ2v) is 5.34. The van der Waals surface area contributed by atoms with Crippen LogP contribution in [0.3, 0.4) is 0 Å². The summed E-state index contributed by atoms with van der Waals surface area (Å²) in [5.74, 6) is -0.450.